The van der Waals surface area contributed by atoms with Gasteiger partial charge in [0, 0.05) is 31.0 Å². The van der Waals surface area contributed by atoms with Gasteiger partial charge in [-0.1, -0.05) is 0 Å². The van der Waals surface area contributed by atoms with Crippen molar-refractivity contribution in [1.82, 2.24) is 15.2 Å². The maximum absolute atomic E-state index is 13.4. The van der Waals surface area contributed by atoms with E-state index in [1.54, 1.807) is 0 Å². The summed E-state index contributed by atoms with van der Waals surface area (Å²) in [5, 5.41) is 13.4. The fraction of sp³-hybridized carbons (Fsp3) is 0.294. The molecule has 1 atom stereocenters. The first-order valence-electron chi connectivity index (χ1n) is 7.90. The van der Waals surface area contributed by atoms with Gasteiger partial charge in [-0.15, -0.1) is 11.3 Å². The highest BCUT2D eigenvalue weighted by atomic mass is 32.1. The molecule has 2 rings (SSSR count). The normalized spacial score (nSPS) is 11.7. The molecule has 2 aromatic rings. The molecule has 0 saturated carbocycles. The third kappa shape index (κ3) is 5.07. The number of nitrogens with zero attached hydrogens (tertiary/aromatic N) is 2. The molecule has 0 bridgehead atoms. The highest BCUT2D eigenvalue weighted by Crippen LogP contribution is 2.26. The van der Waals surface area contributed by atoms with E-state index in [0.717, 1.165) is 28.4 Å². The lowest BCUT2D eigenvalue weighted by molar-refractivity contribution is -0.141. The molecule has 0 radical (unpaired) electrons. The van der Waals surface area contributed by atoms with Crippen LogP contribution < -0.4 is 5.32 Å². The van der Waals surface area contributed by atoms with Crippen LogP contribution in [0.15, 0.2) is 23.6 Å². The first kappa shape index (κ1) is 20.4. The zero-order chi connectivity index (χ0) is 20.1. The molecule has 1 aromatic heterocycles. The van der Waals surface area contributed by atoms with Crippen LogP contribution in [-0.4, -0.2) is 51.9 Å². The van der Waals surface area contributed by atoms with Gasteiger partial charge in [-0.3, -0.25) is 9.59 Å². The van der Waals surface area contributed by atoms with Crippen LogP contribution in [0.1, 0.15) is 24.3 Å². The average molecular weight is 397 g/mol. The smallest absolute Gasteiger partial charge is 0.326 e. The zero-order valence-electron chi connectivity index (χ0n) is 14.5. The zero-order valence-corrected chi connectivity index (χ0v) is 15.3. The molecule has 0 saturated heterocycles. The Bertz CT molecular complexity index is 872. The first-order chi connectivity index (χ1) is 12.7. The molecule has 0 aliphatic rings. The number of carboxylic acid groups (broad SMARTS) is 1. The molecule has 10 heteroatoms. The van der Waals surface area contributed by atoms with Crippen LogP contribution >= 0.6 is 11.3 Å². The van der Waals surface area contributed by atoms with Crippen molar-refractivity contribution in [2.75, 3.05) is 13.1 Å². The average Bonchev–Trinajstić information content (AvgIpc) is 3.10. The summed E-state index contributed by atoms with van der Waals surface area (Å²) in [5.41, 5.74) is 0.282. The number of carboxylic acids is 1. The molecule has 0 fully saturated rings. The summed E-state index contributed by atoms with van der Waals surface area (Å²) in [6.45, 7) is 2.71. The van der Waals surface area contributed by atoms with E-state index in [2.05, 4.69) is 10.3 Å². The number of hydrogen-bond acceptors (Lipinski definition) is 5. The molecular weight excluding hydrogens is 380 g/mol. The molecule has 1 unspecified atom stereocenters. The summed E-state index contributed by atoms with van der Waals surface area (Å²) in [4.78, 5) is 40.2. The standard InChI is InChI=1S/C17H17F2N3O4S/c1-9(17(25)26)22(6-5-20-10(2)23)16(24)14-8-27-15(21-14)11-3-4-12(18)13(19)7-11/h3-4,7-9H,5-6H2,1-2H3,(H,20,23)(H,25,26). The van der Waals surface area contributed by atoms with E-state index < -0.39 is 29.6 Å². The fourth-order valence-corrected chi connectivity index (χ4v) is 3.03. The van der Waals surface area contributed by atoms with Crippen molar-refractivity contribution in [3.05, 3.63) is 40.9 Å². The largest absolute Gasteiger partial charge is 0.480 e. The Kier molecular flexibility index (Phi) is 6.56. The van der Waals surface area contributed by atoms with Crippen molar-refractivity contribution in [3.8, 4) is 10.6 Å². The number of carbonyl (C=O) groups excluding carboxylic acids is 2. The van der Waals surface area contributed by atoms with Crippen LogP contribution in [0.25, 0.3) is 10.6 Å². The Morgan fingerprint density at radius 1 is 1.30 bits per heavy atom. The Balaban J connectivity index is 2.24. The number of halogens is 2. The van der Waals surface area contributed by atoms with E-state index in [0.29, 0.717) is 10.6 Å². The molecule has 1 heterocycles. The lowest BCUT2D eigenvalue weighted by atomic mass is 10.2. The van der Waals surface area contributed by atoms with Gasteiger partial charge >= 0.3 is 5.97 Å². The van der Waals surface area contributed by atoms with Crippen molar-refractivity contribution < 1.29 is 28.3 Å². The van der Waals surface area contributed by atoms with Crippen LogP contribution in [0, 0.1) is 11.6 Å². The number of rotatable bonds is 7. The minimum absolute atomic E-state index is 0.0179. The summed E-state index contributed by atoms with van der Waals surface area (Å²) in [6.07, 6.45) is 0. The van der Waals surface area contributed by atoms with Crippen molar-refractivity contribution in [3.63, 3.8) is 0 Å². The quantitative estimate of drug-likeness (QED) is 0.746. The van der Waals surface area contributed by atoms with Gasteiger partial charge in [-0.2, -0.15) is 0 Å². The second-order valence-corrected chi connectivity index (χ2v) is 6.52. The number of aromatic nitrogens is 1. The Hall–Kier alpha value is -2.88. The van der Waals surface area contributed by atoms with Gasteiger partial charge in [-0.25, -0.2) is 18.6 Å². The van der Waals surface area contributed by atoms with Crippen molar-refractivity contribution in [1.29, 1.82) is 0 Å². The Morgan fingerprint density at radius 3 is 2.59 bits per heavy atom. The summed E-state index contributed by atoms with van der Waals surface area (Å²) >= 11 is 1.05. The van der Waals surface area contributed by atoms with Crippen LogP contribution in [0.4, 0.5) is 8.78 Å². The molecule has 144 valence electrons. The SMILES string of the molecule is CC(=O)NCCN(C(=O)c1csc(-c2ccc(F)c(F)c2)n1)C(C)C(=O)O. The number of carbonyl (C=O) groups is 3. The summed E-state index contributed by atoms with van der Waals surface area (Å²) in [7, 11) is 0. The molecular formula is C17H17F2N3O4S. The van der Waals surface area contributed by atoms with Crippen LogP contribution in [0.2, 0.25) is 0 Å². The maximum Gasteiger partial charge on any atom is 0.326 e. The summed E-state index contributed by atoms with van der Waals surface area (Å²) < 4.78 is 26.4. The number of thiazole rings is 1. The van der Waals surface area contributed by atoms with Crippen LogP contribution in [-0.2, 0) is 9.59 Å². The number of nitrogens with one attached hydrogen (secondary N) is 1. The van der Waals surface area contributed by atoms with E-state index >= 15 is 0 Å². The van der Waals surface area contributed by atoms with E-state index in [1.807, 2.05) is 0 Å². The first-order valence-corrected chi connectivity index (χ1v) is 8.77. The molecule has 7 nitrogen and oxygen atoms in total. The minimum atomic E-state index is -1.21. The van der Waals surface area contributed by atoms with Gasteiger partial charge in [0.1, 0.15) is 16.7 Å². The summed E-state index contributed by atoms with van der Waals surface area (Å²) in [5.74, 6) is -4.18. The van der Waals surface area contributed by atoms with Gasteiger partial charge in [0.25, 0.3) is 5.91 Å². The molecule has 0 spiro atoms. The lowest BCUT2D eigenvalue weighted by Gasteiger charge is -2.25. The number of benzene rings is 1. The second kappa shape index (κ2) is 8.67. The maximum atomic E-state index is 13.4. The van der Waals surface area contributed by atoms with E-state index in [1.165, 1.54) is 25.3 Å². The third-order valence-electron chi connectivity index (χ3n) is 3.70. The molecule has 0 aliphatic heterocycles. The van der Waals surface area contributed by atoms with E-state index in [-0.39, 0.29) is 24.7 Å². The van der Waals surface area contributed by atoms with Crippen LogP contribution in [0.5, 0.6) is 0 Å². The van der Waals surface area contributed by atoms with Crippen molar-refractivity contribution >= 4 is 29.1 Å². The highest BCUT2D eigenvalue weighted by Gasteiger charge is 2.28. The van der Waals surface area contributed by atoms with Gasteiger partial charge in [-0.05, 0) is 25.1 Å². The highest BCUT2D eigenvalue weighted by molar-refractivity contribution is 7.13. The third-order valence-corrected chi connectivity index (χ3v) is 4.59. The minimum Gasteiger partial charge on any atom is -0.480 e. The number of aliphatic carboxylic acids is 1. The lowest BCUT2D eigenvalue weighted by Crippen LogP contribution is -2.46. The van der Waals surface area contributed by atoms with Gasteiger partial charge in [0.05, 0.1) is 0 Å². The van der Waals surface area contributed by atoms with Crippen molar-refractivity contribution in [2.45, 2.75) is 19.9 Å². The second-order valence-electron chi connectivity index (χ2n) is 5.66. The molecule has 0 aliphatic carbocycles. The van der Waals surface area contributed by atoms with Crippen LogP contribution in [0.3, 0.4) is 0 Å². The topological polar surface area (TPSA) is 99.6 Å². The molecule has 2 amide bonds. The summed E-state index contributed by atoms with van der Waals surface area (Å²) in [6, 6.07) is 2.12. The van der Waals surface area contributed by atoms with E-state index in [9.17, 15) is 28.3 Å². The molecule has 1 aromatic carbocycles. The molecule has 27 heavy (non-hydrogen) atoms. The fourth-order valence-electron chi connectivity index (χ4n) is 2.24. The van der Waals surface area contributed by atoms with Gasteiger partial charge in [0.2, 0.25) is 5.91 Å². The van der Waals surface area contributed by atoms with E-state index in [4.69, 9.17) is 0 Å². The predicted molar refractivity (Wildman–Crippen MR) is 94.3 cm³/mol. The molecule has 2 N–H and O–H groups in total. The Morgan fingerprint density at radius 2 is 2.00 bits per heavy atom. The van der Waals surface area contributed by atoms with Gasteiger partial charge in [0.15, 0.2) is 11.6 Å². The number of hydrogen-bond donors (Lipinski definition) is 2. The van der Waals surface area contributed by atoms with Gasteiger partial charge < -0.3 is 15.3 Å². The van der Waals surface area contributed by atoms with Crippen molar-refractivity contribution in [2.24, 2.45) is 0 Å². The Labute approximate surface area is 157 Å². The monoisotopic (exact) mass is 397 g/mol. The predicted octanol–water partition coefficient (Wildman–Crippen LogP) is 2.14. The number of amides is 2.